The van der Waals surface area contributed by atoms with Gasteiger partial charge < -0.3 is 24.3 Å². The number of aromatic nitrogens is 3. The zero-order valence-electron chi connectivity index (χ0n) is 24.3. The molecule has 0 bridgehead atoms. The number of hydrogen-bond acceptors (Lipinski definition) is 7. The molecule has 1 fully saturated rings. The molecule has 0 aliphatic heterocycles. The van der Waals surface area contributed by atoms with Crippen LogP contribution in [0.15, 0.2) is 12.1 Å². The number of fused-ring (bicyclic) bond motifs is 1. The van der Waals surface area contributed by atoms with Crippen molar-refractivity contribution in [3.8, 4) is 0 Å². The highest BCUT2D eigenvalue weighted by Gasteiger charge is 2.49. The van der Waals surface area contributed by atoms with E-state index in [-0.39, 0.29) is 12.8 Å². The van der Waals surface area contributed by atoms with Gasteiger partial charge in [0.25, 0.3) is 0 Å². The maximum Gasteiger partial charge on any atom is 0.416 e. The van der Waals surface area contributed by atoms with Crippen LogP contribution in [0.25, 0.3) is 11.2 Å². The molecule has 8 nitrogen and oxygen atoms in total. The fourth-order valence-corrected chi connectivity index (χ4v) is 5.24. The molecule has 222 valence electrons. The van der Waals surface area contributed by atoms with Crippen LogP contribution in [0.3, 0.4) is 0 Å². The number of alkyl halides is 3. The fraction of sp³-hybridized carbons (Fsp3) is 0.769. The second kappa shape index (κ2) is 11.9. The van der Waals surface area contributed by atoms with Gasteiger partial charge in [0.2, 0.25) is 0 Å². The molecule has 1 saturated carbocycles. The van der Waals surface area contributed by atoms with E-state index in [9.17, 15) is 17.7 Å². The number of nitrogens with two attached hydrogens (primary N) is 1. The largest absolute Gasteiger partial charge is 0.598 e. The Morgan fingerprint density at radius 3 is 2.33 bits per heavy atom. The van der Waals surface area contributed by atoms with Gasteiger partial charge in [-0.3, -0.25) is 0 Å². The summed E-state index contributed by atoms with van der Waals surface area (Å²) in [6.45, 7) is 14.3. The van der Waals surface area contributed by atoms with Crippen LogP contribution in [0.2, 0.25) is 25.7 Å². The van der Waals surface area contributed by atoms with Crippen molar-refractivity contribution in [2.45, 2.75) is 108 Å². The van der Waals surface area contributed by atoms with Crippen LogP contribution in [0.5, 0.6) is 0 Å². The molecule has 0 saturated heterocycles. The van der Waals surface area contributed by atoms with Gasteiger partial charge in [-0.25, -0.2) is 9.97 Å². The van der Waals surface area contributed by atoms with E-state index in [0.29, 0.717) is 29.5 Å². The lowest BCUT2D eigenvalue weighted by molar-refractivity contribution is -0.265. The Morgan fingerprint density at radius 2 is 1.79 bits per heavy atom. The van der Waals surface area contributed by atoms with Crippen molar-refractivity contribution in [2.75, 3.05) is 13.2 Å². The molecule has 3 rings (SSSR count). The number of halogens is 3. The zero-order chi connectivity index (χ0) is 29.4. The molecule has 0 amide bonds. The third-order valence-corrected chi connectivity index (χ3v) is 10.1. The summed E-state index contributed by atoms with van der Waals surface area (Å²) in [5.74, 6) is 0.737. The highest BCUT2D eigenvalue weighted by Crippen LogP contribution is 2.39. The lowest BCUT2D eigenvalue weighted by Gasteiger charge is -2.32. The van der Waals surface area contributed by atoms with Gasteiger partial charge in [-0.2, -0.15) is 13.2 Å². The lowest BCUT2D eigenvalue weighted by atomic mass is 10.1. The van der Waals surface area contributed by atoms with Gasteiger partial charge in [0.15, 0.2) is 11.2 Å². The van der Waals surface area contributed by atoms with Crippen LogP contribution in [-0.2, 0) is 27.6 Å². The standard InChI is InChI=1S/C26H44F3N5O3SSi/c1-24(2,3)38(35)33-19(15-37-25(4,5)26(27,28)29)23-32-22-20(34(23)16-36-13-14-39(6,7)8)12-11-18(31-22)21(30)17-9-10-17/h11-12,17,19,21,33H,9-10,13-16,30H2,1-8H3/t19-,21+,38?/m0/s1. The predicted octanol–water partition coefficient (Wildman–Crippen LogP) is 5.60. The smallest absolute Gasteiger partial charge is 0.416 e. The highest BCUT2D eigenvalue weighted by molar-refractivity contribution is 7.90. The summed E-state index contributed by atoms with van der Waals surface area (Å²) in [5, 5.41) is 0. The van der Waals surface area contributed by atoms with Crippen LogP contribution in [0.1, 0.15) is 71.1 Å². The molecule has 0 spiro atoms. The van der Waals surface area contributed by atoms with E-state index in [1.54, 1.807) is 25.3 Å². The molecule has 3 atom stereocenters. The third kappa shape index (κ3) is 8.63. The van der Waals surface area contributed by atoms with E-state index in [4.69, 9.17) is 25.2 Å². The Hall–Kier alpha value is -1.22. The van der Waals surface area contributed by atoms with Crippen LogP contribution >= 0.6 is 0 Å². The molecule has 1 unspecified atom stereocenters. The third-order valence-electron chi connectivity index (χ3n) is 6.76. The minimum atomic E-state index is -4.59. The summed E-state index contributed by atoms with van der Waals surface area (Å²) >= 11 is -1.62. The van der Waals surface area contributed by atoms with Crippen molar-refractivity contribution < 1.29 is 27.2 Å². The monoisotopic (exact) mass is 591 g/mol. The van der Waals surface area contributed by atoms with Crippen LogP contribution in [0, 0.1) is 5.92 Å². The molecule has 13 heteroatoms. The number of nitrogens with zero attached hydrogens (tertiary/aromatic N) is 3. The summed E-state index contributed by atoms with van der Waals surface area (Å²) in [6.07, 6.45) is -2.47. The van der Waals surface area contributed by atoms with Gasteiger partial charge in [-0.1, -0.05) is 19.6 Å². The second-order valence-corrected chi connectivity index (χ2v) is 20.7. The number of ether oxygens (including phenoxy) is 2. The first-order valence-corrected chi connectivity index (χ1v) is 18.2. The lowest BCUT2D eigenvalue weighted by Crippen LogP contribution is -2.47. The highest BCUT2D eigenvalue weighted by atomic mass is 32.2. The van der Waals surface area contributed by atoms with Gasteiger partial charge in [0.1, 0.15) is 23.3 Å². The average Bonchev–Trinajstić information content (AvgIpc) is 3.58. The summed E-state index contributed by atoms with van der Waals surface area (Å²) in [6, 6.07) is 3.56. The van der Waals surface area contributed by atoms with Crippen LogP contribution in [-0.4, -0.2) is 56.9 Å². The first kappa shape index (κ1) is 32.3. The van der Waals surface area contributed by atoms with Crippen LogP contribution < -0.4 is 10.5 Å². The number of pyridine rings is 1. The molecule has 2 aromatic heterocycles. The minimum Gasteiger partial charge on any atom is -0.598 e. The van der Waals surface area contributed by atoms with E-state index in [2.05, 4.69) is 24.4 Å². The first-order valence-electron chi connectivity index (χ1n) is 13.4. The molecule has 39 heavy (non-hydrogen) atoms. The number of nitrogens with one attached hydrogen (secondary N) is 1. The summed E-state index contributed by atoms with van der Waals surface area (Å²) in [5.41, 5.74) is 5.77. The van der Waals surface area contributed by atoms with E-state index in [1.165, 1.54) is 0 Å². The zero-order valence-corrected chi connectivity index (χ0v) is 26.1. The molecule has 0 aromatic carbocycles. The summed E-state index contributed by atoms with van der Waals surface area (Å²) < 4.78 is 69.5. The van der Waals surface area contributed by atoms with Crippen molar-refractivity contribution in [1.82, 2.24) is 19.3 Å². The molecule has 2 heterocycles. The molecule has 1 aliphatic carbocycles. The van der Waals surface area contributed by atoms with Crippen molar-refractivity contribution in [1.29, 1.82) is 0 Å². The summed E-state index contributed by atoms with van der Waals surface area (Å²) in [4.78, 5) is 9.44. The Morgan fingerprint density at radius 1 is 1.15 bits per heavy atom. The van der Waals surface area contributed by atoms with Gasteiger partial charge >= 0.3 is 6.18 Å². The quantitative estimate of drug-likeness (QED) is 0.177. The molecule has 2 aromatic rings. The molecule has 3 N–H and O–H groups in total. The van der Waals surface area contributed by atoms with Crippen molar-refractivity contribution >= 4 is 30.6 Å². The molecular formula is C26H44F3N5O3SSi. The maximum absolute atomic E-state index is 13.6. The Labute approximate surface area is 233 Å². The molecular weight excluding hydrogens is 547 g/mol. The Bertz CT molecular complexity index is 1110. The van der Waals surface area contributed by atoms with Gasteiger partial charge in [-0.15, -0.1) is 4.72 Å². The fourth-order valence-electron chi connectivity index (χ4n) is 3.70. The normalized spacial score (nSPS) is 18.0. The average molecular weight is 592 g/mol. The predicted molar refractivity (Wildman–Crippen MR) is 151 cm³/mol. The van der Waals surface area contributed by atoms with Crippen molar-refractivity contribution in [3.63, 3.8) is 0 Å². The first-order chi connectivity index (χ1) is 17.8. The number of imidazole rings is 1. The topological polar surface area (TPSA) is 110 Å². The minimum absolute atomic E-state index is 0.120. The maximum atomic E-state index is 13.6. The van der Waals surface area contributed by atoms with Gasteiger partial charge in [0, 0.05) is 32.1 Å². The van der Waals surface area contributed by atoms with E-state index in [0.717, 1.165) is 38.4 Å². The second-order valence-electron chi connectivity index (χ2n) is 13.1. The number of rotatable bonds is 13. The Balaban J connectivity index is 2.01. The Kier molecular flexibility index (Phi) is 9.89. The van der Waals surface area contributed by atoms with Gasteiger partial charge in [0.05, 0.1) is 17.8 Å². The molecule has 0 radical (unpaired) electrons. The van der Waals surface area contributed by atoms with E-state index in [1.807, 2.05) is 12.1 Å². The SMILES string of the molecule is CC(C)(C)[S+]([O-])N[C@@H](COC(C)(C)C(F)(F)F)c1nc2nc([C@H](N)C3CC3)ccc2n1COCC[Si](C)(C)C. The van der Waals surface area contributed by atoms with Crippen molar-refractivity contribution in [2.24, 2.45) is 11.7 Å². The number of hydrogen-bond donors (Lipinski definition) is 2. The van der Waals surface area contributed by atoms with Crippen molar-refractivity contribution in [3.05, 3.63) is 23.7 Å². The van der Waals surface area contributed by atoms with Gasteiger partial charge in [-0.05, 0) is 71.6 Å². The summed E-state index contributed by atoms with van der Waals surface area (Å²) in [7, 11) is -1.34. The van der Waals surface area contributed by atoms with Crippen LogP contribution in [0.4, 0.5) is 13.2 Å². The van der Waals surface area contributed by atoms with E-state index >= 15 is 0 Å². The molecule has 1 aliphatic rings. The van der Waals surface area contributed by atoms with E-state index < -0.39 is 48.6 Å².